The van der Waals surface area contributed by atoms with Crippen molar-refractivity contribution in [3.8, 4) is 0 Å². The molecule has 1 aliphatic heterocycles. The Labute approximate surface area is 129 Å². The van der Waals surface area contributed by atoms with E-state index in [0.29, 0.717) is 18.8 Å². The van der Waals surface area contributed by atoms with Gasteiger partial charge in [0.05, 0.1) is 24.6 Å². The van der Waals surface area contributed by atoms with E-state index in [2.05, 4.69) is 5.16 Å². The van der Waals surface area contributed by atoms with E-state index in [-0.39, 0.29) is 24.2 Å². The Balaban J connectivity index is 1.75. The first-order valence-corrected chi connectivity index (χ1v) is 7.76. The molecule has 0 unspecified atom stereocenters. The number of aryl methyl sites for hydroxylation is 2. The summed E-state index contributed by atoms with van der Waals surface area (Å²) in [5.41, 5.74) is 1.13. The quantitative estimate of drug-likeness (QED) is 0.794. The van der Waals surface area contributed by atoms with Crippen LogP contribution in [0.25, 0.3) is 0 Å². The average molecular weight is 306 g/mol. The fourth-order valence-corrected chi connectivity index (χ4v) is 4.03. The van der Waals surface area contributed by atoms with Gasteiger partial charge in [0, 0.05) is 18.7 Å². The summed E-state index contributed by atoms with van der Waals surface area (Å²) in [7, 11) is 1.43. The number of ether oxygens (including phenoxy) is 1. The van der Waals surface area contributed by atoms with Crippen LogP contribution in [0.1, 0.15) is 36.3 Å². The first-order chi connectivity index (χ1) is 10.5. The first kappa shape index (κ1) is 15.1. The Morgan fingerprint density at radius 2 is 2.23 bits per heavy atom. The SMILES string of the molecule is COC(=O)[C@]12CCC[C@H]1CN(C(=O)Cc1c(C)noc1C)C2. The smallest absolute Gasteiger partial charge is 0.313 e. The van der Waals surface area contributed by atoms with Crippen LogP contribution in [0, 0.1) is 25.2 Å². The summed E-state index contributed by atoms with van der Waals surface area (Å²) in [6.07, 6.45) is 3.13. The number of carbonyl (C=O) groups excluding carboxylic acids is 2. The van der Waals surface area contributed by atoms with E-state index in [9.17, 15) is 9.59 Å². The number of likely N-dealkylation sites (tertiary alicyclic amines) is 1. The molecule has 3 rings (SSSR count). The fourth-order valence-electron chi connectivity index (χ4n) is 4.03. The minimum atomic E-state index is -0.483. The molecule has 0 aromatic carbocycles. The van der Waals surface area contributed by atoms with Crippen LogP contribution >= 0.6 is 0 Å². The maximum atomic E-state index is 12.6. The van der Waals surface area contributed by atoms with E-state index in [1.165, 1.54) is 7.11 Å². The molecule has 2 atom stereocenters. The molecular weight excluding hydrogens is 284 g/mol. The highest BCUT2D eigenvalue weighted by Gasteiger charge is 2.56. The molecule has 0 N–H and O–H groups in total. The van der Waals surface area contributed by atoms with Gasteiger partial charge in [-0.1, -0.05) is 11.6 Å². The van der Waals surface area contributed by atoms with E-state index in [0.717, 1.165) is 30.5 Å². The van der Waals surface area contributed by atoms with Crippen molar-refractivity contribution in [2.75, 3.05) is 20.2 Å². The highest BCUT2D eigenvalue weighted by Crippen LogP contribution is 2.49. The normalized spacial score (nSPS) is 27.0. The van der Waals surface area contributed by atoms with Crippen LogP contribution in [-0.2, 0) is 20.7 Å². The number of hydrogen-bond donors (Lipinski definition) is 0. The predicted molar refractivity (Wildman–Crippen MR) is 78.1 cm³/mol. The summed E-state index contributed by atoms with van der Waals surface area (Å²) in [5.74, 6) is 0.788. The van der Waals surface area contributed by atoms with Crippen molar-refractivity contribution in [3.05, 3.63) is 17.0 Å². The molecule has 0 spiro atoms. The minimum absolute atomic E-state index is 0.0343. The molecule has 6 nitrogen and oxygen atoms in total. The van der Waals surface area contributed by atoms with Crippen LogP contribution in [0.5, 0.6) is 0 Å². The largest absolute Gasteiger partial charge is 0.469 e. The number of carbonyl (C=O) groups is 2. The Hall–Kier alpha value is -1.85. The molecule has 1 amide bonds. The van der Waals surface area contributed by atoms with Crippen molar-refractivity contribution in [1.29, 1.82) is 0 Å². The number of fused-ring (bicyclic) bond motifs is 1. The minimum Gasteiger partial charge on any atom is -0.469 e. The lowest BCUT2D eigenvalue weighted by Gasteiger charge is -2.25. The van der Waals surface area contributed by atoms with Crippen LogP contribution in [0.4, 0.5) is 0 Å². The van der Waals surface area contributed by atoms with E-state index in [1.54, 1.807) is 0 Å². The number of amides is 1. The summed E-state index contributed by atoms with van der Waals surface area (Å²) in [4.78, 5) is 26.6. The van der Waals surface area contributed by atoms with Gasteiger partial charge in [0.2, 0.25) is 5.91 Å². The van der Waals surface area contributed by atoms with Crippen molar-refractivity contribution in [2.45, 2.75) is 39.5 Å². The average Bonchev–Trinajstić information content (AvgIpc) is 3.14. The van der Waals surface area contributed by atoms with E-state index in [1.807, 2.05) is 18.7 Å². The molecule has 0 radical (unpaired) electrons. The third-order valence-corrected chi connectivity index (χ3v) is 5.32. The number of hydrogen-bond acceptors (Lipinski definition) is 5. The summed E-state index contributed by atoms with van der Waals surface area (Å²) in [5, 5.41) is 3.89. The molecule has 2 aliphatic rings. The van der Waals surface area contributed by atoms with Crippen molar-refractivity contribution in [3.63, 3.8) is 0 Å². The van der Waals surface area contributed by atoms with E-state index >= 15 is 0 Å². The van der Waals surface area contributed by atoms with Gasteiger partial charge in [0.15, 0.2) is 0 Å². The Morgan fingerprint density at radius 1 is 1.45 bits per heavy atom. The zero-order valence-corrected chi connectivity index (χ0v) is 13.3. The molecular formula is C16H22N2O4. The van der Waals surface area contributed by atoms with Gasteiger partial charge in [-0.3, -0.25) is 9.59 Å². The zero-order chi connectivity index (χ0) is 15.9. The molecule has 0 bridgehead atoms. The molecule has 22 heavy (non-hydrogen) atoms. The standard InChI is InChI=1S/C16H22N2O4/c1-10-13(11(2)22-17-10)7-14(19)18-8-12-5-4-6-16(12,9-18)15(20)21-3/h12H,4-9H2,1-3H3/t12-,16-/m0/s1. The molecule has 6 heteroatoms. The molecule has 1 aromatic rings. The first-order valence-electron chi connectivity index (χ1n) is 7.76. The maximum absolute atomic E-state index is 12.6. The van der Waals surface area contributed by atoms with Gasteiger partial charge in [-0.15, -0.1) is 0 Å². The van der Waals surface area contributed by atoms with Gasteiger partial charge in [0.1, 0.15) is 5.76 Å². The third-order valence-electron chi connectivity index (χ3n) is 5.32. The number of methoxy groups -OCH3 is 1. The molecule has 1 saturated heterocycles. The van der Waals surface area contributed by atoms with Gasteiger partial charge in [-0.25, -0.2) is 0 Å². The topological polar surface area (TPSA) is 72.6 Å². The molecule has 120 valence electrons. The van der Waals surface area contributed by atoms with Gasteiger partial charge >= 0.3 is 5.97 Å². The van der Waals surface area contributed by atoms with Gasteiger partial charge in [-0.2, -0.15) is 0 Å². The maximum Gasteiger partial charge on any atom is 0.313 e. The lowest BCUT2D eigenvalue weighted by atomic mass is 9.81. The fraction of sp³-hybridized carbons (Fsp3) is 0.688. The van der Waals surface area contributed by atoms with Crippen LogP contribution in [0.2, 0.25) is 0 Å². The number of nitrogens with zero attached hydrogens (tertiary/aromatic N) is 2. The van der Waals surface area contributed by atoms with Crippen molar-refractivity contribution in [1.82, 2.24) is 10.1 Å². The second kappa shape index (κ2) is 5.41. The number of rotatable bonds is 3. The Morgan fingerprint density at radius 3 is 2.86 bits per heavy atom. The third kappa shape index (κ3) is 2.21. The number of aromatic nitrogens is 1. The Kier molecular flexibility index (Phi) is 3.70. The molecule has 1 aliphatic carbocycles. The highest BCUT2D eigenvalue weighted by atomic mass is 16.5. The zero-order valence-electron chi connectivity index (χ0n) is 13.3. The van der Waals surface area contributed by atoms with Crippen molar-refractivity contribution < 1.29 is 18.8 Å². The van der Waals surface area contributed by atoms with Crippen LogP contribution < -0.4 is 0 Å². The van der Waals surface area contributed by atoms with Crippen LogP contribution in [0.15, 0.2) is 4.52 Å². The van der Waals surface area contributed by atoms with E-state index < -0.39 is 5.41 Å². The summed E-state index contributed by atoms with van der Waals surface area (Å²) < 4.78 is 10.1. The van der Waals surface area contributed by atoms with Crippen LogP contribution in [0.3, 0.4) is 0 Å². The Bertz CT molecular complexity index is 590. The predicted octanol–water partition coefficient (Wildman–Crippen LogP) is 1.64. The summed E-state index contributed by atoms with van der Waals surface area (Å²) >= 11 is 0. The summed E-state index contributed by atoms with van der Waals surface area (Å²) in [6.45, 7) is 4.79. The second-order valence-electron chi connectivity index (χ2n) is 6.49. The molecule has 2 heterocycles. The monoisotopic (exact) mass is 306 g/mol. The van der Waals surface area contributed by atoms with E-state index in [4.69, 9.17) is 9.26 Å². The molecule has 1 aromatic heterocycles. The molecule has 1 saturated carbocycles. The highest BCUT2D eigenvalue weighted by molar-refractivity contribution is 5.83. The lowest BCUT2D eigenvalue weighted by molar-refractivity contribution is -0.153. The number of esters is 1. The van der Waals surface area contributed by atoms with Gasteiger partial charge < -0.3 is 14.2 Å². The van der Waals surface area contributed by atoms with Gasteiger partial charge in [-0.05, 0) is 32.6 Å². The van der Waals surface area contributed by atoms with Crippen molar-refractivity contribution in [2.24, 2.45) is 11.3 Å². The van der Waals surface area contributed by atoms with Gasteiger partial charge in [0.25, 0.3) is 0 Å². The van der Waals surface area contributed by atoms with Crippen LogP contribution in [-0.4, -0.2) is 42.1 Å². The summed E-state index contributed by atoms with van der Waals surface area (Å²) in [6, 6.07) is 0. The van der Waals surface area contributed by atoms with Crippen molar-refractivity contribution >= 4 is 11.9 Å². The second-order valence-corrected chi connectivity index (χ2v) is 6.49. The molecule has 2 fully saturated rings. The lowest BCUT2D eigenvalue weighted by Crippen LogP contribution is -2.38.